The molecule has 9 heteroatoms. The van der Waals surface area contributed by atoms with Crippen LogP contribution in [0.5, 0.6) is 0 Å². The van der Waals surface area contributed by atoms with Crippen molar-refractivity contribution < 1.29 is 22.0 Å². The van der Waals surface area contributed by atoms with Crippen molar-refractivity contribution in [2.75, 3.05) is 23.7 Å². The predicted molar refractivity (Wildman–Crippen MR) is 92.3 cm³/mol. The highest BCUT2D eigenvalue weighted by molar-refractivity contribution is 7.92. The molecule has 0 aliphatic heterocycles. The summed E-state index contributed by atoms with van der Waals surface area (Å²) < 4.78 is 51.1. The molecule has 0 heterocycles. The molecule has 1 amide bonds. The van der Waals surface area contributed by atoms with Crippen LogP contribution in [0.25, 0.3) is 0 Å². The van der Waals surface area contributed by atoms with E-state index in [1.165, 1.54) is 12.1 Å². The van der Waals surface area contributed by atoms with Crippen LogP contribution in [-0.4, -0.2) is 33.7 Å². The maximum atomic E-state index is 13.4. The first-order chi connectivity index (χ1) is 11.7. The van der Waals surface area contributed by atoms with Crippen molar-refractivity contribution in [2.45, 2.75) is 0 Å². The normalized spacial score (nSPS) is 11.2. The van der Waals surface area contributed by atoms with E-state index in [4.69, 9.17) is 11.6 Å². The Morgan fingerprint density at radius 3 is 2.32 bits per heavy atom. The molecule has 2 rings (SSSR count). The number of amides is 1. The second kappa shape index (κ2) is 7.79. The van der Waals surface area contributed by atoms with Gasteiger partial charge >= 0.3 is 0 Å². The van der Waals surface area contributed by atoms with E-state index in [1.807, 2.05) is 0 Å². The van der Waals surface area contributed by atoms with Crippen molar-refractivity contribution in [3.63, 3.8) is 0 Å². The van der Waals surface area contributed by atoms with Crippen LogP contribution >= 0.6 is 11.6 Å². The van der Waals surface area contributed by atoms with Gasteiger partial charge < -0.3 is 5.32 Å². The van der Waals surface area contributed by atoms with E-state index in [1.54, 1.807) is 12.1 Å². The monoisotopic (exact) mass is 388 g/mol. The van der Waals surface area contributed by atoms with E-state index in [0.29, 0.717) is 10.6 Å². The lowest BCUT2D eigenvalue weighted by atomic mass is 10.2. The van der Waals surface area contributed by atoms with Gasteiger partial charge in [-0.2, -0.15) is 0 Å². The molecule has 134 valence electrons. The number of anilines is 1. The molecule has 0 aliphatic carbocycles. The zero-order valence-corrected chi connectivity index (χ0v) is 14.7. The third-order valence-corrected chi connectivity index (χ3v) is 4.74. The van der Waals surface area contributed by atoms with Crippen LogP contribution in [0, 0.1) is 11.6 Å². The minimum atomic E-state index is -3.74. The van der Waals surface area contributed by atoms with Crippen LogP contribution in [-0.2, 0) is 10.0 Å². The number of nitrogens with zero attached hydrogens (tertiary/aromatic N) is 1. The molecule has 25 heavy (non-hydrogen) atoms. The quantitative estimate of drug-likeness (QED) is 0.827. The van der Waals surface area contributed by atoms with Gasteiger partial charge in [0.25, 0.3) is 5.91 Å². The number of hydrogen-bond acceptors (Lipinski definition) is 3. The van der Waals surface area contributed by atoms with Gasteiger partial charge in [0.15, 0.2) is 11.6 Å². The molecule has 0 atom stereocenters. The summed E-state index contributed by atoms with van der Waals surface area (Å²) >= 11 is 5.74. The molecule has 0 saturated heterocycles. The average Bonchev–Trinajstić information content (AvgIpc) is 2.53. The van der Waals surface area contributed by atoms with Crippen molar-refractivity contribution in [3.05, 3.63) is 64.7 Å². The van der Waals surface area contributed by atoms with Gasteiger partial charge in [-0.05, 0) is 36.4 Å². The smallest absolute Gasteiger partial charge is 0.251 e. The number of nitrogens with one attached hydrogen (secondary N) is 1. The summed E-state index contributed by atoms with van der Waals surface area (Å²) in [6, 6.07) is 8.96. The Kier molecular flexibility index (Phi) is 5.97. The molecule has 0 saturated carbocycles. The van der Waals surface area contributed by atoms with Crippen LogP contribution < -0.4 is 9.62 Å². The van der Waals surface area contributed by atoms with Gasteiger partial charge in [-0.25, -0.2) is 17.2 Å². The van der Waals surface area contributed by atoms with Crippen LogP contribution in [0.1, 0.15) is 10.4 Å². The minimum absolute atomic E-state index is 0.0203. The molecule has 0 fully saturated rings. The zero-order valence-electron chi connectivity index (χ0n) is 13.2. The van der Waals surface area contributed by atoms with E-state index < -0.39 is 27.6 Å². The second-order valence-corrected chi connectivity index (χ2v) is 7.54. The third-order valence-electron chi connectivity index (χ3n) is 3.30. The highest BCUT2D eigenvalue weighted by atomic mass is 35.5. The molecule has 0 spiro atoms. The summed E-state index contributed by atoms with van der Waals surface area (Å²) in [5.41, 5.74) is 0.338. The molecule has 1 N–H and O–H groups in total. The van der Waals surface area contributed by atoms with Gasteiger partial charge in [0.2, 0.25) is 10.0 Å². The Hall–Kier alpha value is -2.19. The average molecular weight is 389 g/mol. The molecule has 0 radical (unpaired) electrons. The van der Waals surface area contributed by atoms with E-state index in [0.717, 1.165) is 28.8 Å². The Labute approximate surface area is 149 Å². The molecule has 0 aliphatic rings. The van der Waals surface area contributed by atoms with E-state index in [2.05, 4.69) is 5.32 Å². The minimum Gasteiger partial charge on any atom is -0.350 e. The van der Waals surface area contributed by atoms with E-state index >= 15 is 0 Å². The fraction of sp³-hybridized carbons (Fsp3) is 0.188. The molecular weight excluding hydrogens is 374 g/mol. The van der Waals surface area contributed by atoms with Crippen LogP contribution in [0.3, 0.4) is 0 Å². The number of carbonyl (C=O) groups excluding carboxylic acids is 1. The summed E-state index contributed by atoms with van der Waals surface area (Å²) in [6.45, 7) is -0.156. The molecule has 2 aromatic rings. The standard InChI is InChI=1S/C16H15ClF2N2O3S/c1-25(23,24)21(13-6-7-14(18)15(19)10-13)9-8-20-16(22)11-2-4-12(17)5-3-11/h2-7,10H,8-9H2,1H3,(H,20,22). The van der Waals surface area contributed by atoms with Gasteiger partial charge in [-0.3, -0.25) is 9.10 Å². The second-order valence-electron chi connectivity index (χ2n) is 5.20. The SMILES string of the molecule is CS(=O)(=O)N(CCNC(=O)c1ccc(Cl)cc1)c1ccc(F)c(F)c1. The van der Waals surface area contributed by atoms with E-state index in [9.17, 15) is 22.0 Å². The summed E-state index contributed by atoms with van der Waals surface area (Å²) in [4.78, 5) is 12.0. The largest absolute Gasteiger partial charge is 0.350 e. The van der Waals surface area contributed by atoms with Gasteiger partial charge in [0.05, 0.1) is 18.5 Å². The number of sulfonamides is 1. The van der Waals surface area contributed by atoms with E-state index in [-0.39, 0.29) is 18.8 Å². The topological polar surface area (TPSA) is 66.5 Å². The summed E-state index contributed by atoms with van der Waals surface area (Å²) in [6.07, 6.45) is 0.940. The lowest BCUT2D eigenvalue weighted by Gasteiger charge is -2.22. The Morgan fingerprint density at radius 2 is 1.76 bits per heavy atom. The van der Waals surface area contributed by atoms with Crippen molar-refractivity contribution >= 4 is 33.2 Å². The first-order valence-electron chi connectivity index (χ1n) is 7.15. The van der Waals surface area contributed by atoms with Crippen molar-refractivity contribution in [2.24, 2.45) is 0 Å². The molecule has 2 aromatic carbocycles. The molecule has 5 nitrogen and oxygen atoms in total. The first kappa shape index (κ1) is 19.1. The molecular formula is C16H15ClF2N2O3S. The van der Waals surface area contributed by atoms with Crippen molar-refractivity contribution in [1.29, 1.82) is 0 Å². The van der Waals surface area contributed by atoms with Crippen LogP contribution in [0.15, 0.2) is 42.5 Å². The maximum Gasteiger partial charge on any atom is 0.251 e. The number of carbonyl (C=O) groups is 1. The van der Waals surface area contributed by atoms with Crippen molar-refractivity contribution in [3.8, 4) is 0 Å². The molecule has 0 bridgehead atoms. The number of halogens is 3. The fourth-order valence-corrected chi connectivity index (χ4v) is 3.15. The lowest BCUT2D eigenvalue weighted by molar-refractivity contribution is 0.0955. The van der Waals surface area contributed by atoms with Gasteiger partial charge in [0.1, 0.15) is 0 Å². The lowest BCUT2D eigenvalue weighted by Crippen LogP contribution is -2.38. The highest BCUT2D eigenvalue weighted by Gasteiger charge is 2.19. The fourth-order valence-electron chi connectivity index (χ4n) is 2.10. The number of hydrogen-bond donors (Lipinski definition) is 1. The molecule has 0 unspecified atom stereocenters. The molecule has 0 aromatic heterocycles. The first-order valence-corrected chi connectivity index (χ1v) is 9.37. The van der Waals surface area contributed by atoms with Gasteiger partial charge in [0, 0.05) is 23.2 Å². The Balaban J connectivity index is 2.07. The number of benzene rings is 2. The summed E-state index contributed by atoms with van der Waals surface area (Å²) in [7, 11) is -3.74. The predicted octanol–water partition coefficient (Wildman–Crippen LogP) is 2.81. The zero-order chi connectivity index (χ0) is 18.6. The van der Waals surface area contributed by atoms with Gasteiger partial charge in [-0.15, -0.1) is 0 Å². The Bertz CT molecular complexity index is 873. The third kappa shape index (κ3) is 5.14. The highest BCUT2D eigenvalue weighted by Crippen LogP contribution is 2.20. The summed E-state index contributed by atoms with van der Waals surface area (Å²) in [5.74, 6) is -2.64. The summed E-state index contributed by atoms with van der Waals surface area (Å²) in [5, 5.41) is 3.05. The van der Waals surface area contributed by atoms with Crippen LogP contribution in [0.4, 0.5) is 14.5 Å². The van der Waals surface area contributed by atoms with Crippen LogP contribution in [0.2, 0.25) is 5.02 Å². The van der Waals surface area contributed by atoms with Gasteiger partial charge in [-0.1, -0.05) is 11.6 Å². The Morgan fingerprint density at radius 1 is 1.12 bits per heavy atom. The number of rotatable bonds is 6. The van der Waals surface area contributed by atoms with Crippen molar-refractivity contribution in [1.82, 2.24) is 5.32 Å². The maximum absolute atomic E-state index is 13.4.